The Morgan fingerprint density at radius 2 is 1.36 bits per heavy atom. The van der Waals surface area contributed by atoms with Crippen molar-refractivity contribution in [3.8, 4) is 11.4 Å². The van der Waals surface area contributed by atoms with Crippen LogP contribution in [0.5, 0.6) is 0 Å². The average Bonchev–Trinajstić information content (AvgIpc) is 1.50. The number of pyridine rings is 2. The quantitative estimate of drug-likeness (QED) is 0.0124. The summed E-state index contributed by atoms with van der Waals surface area (Å²) in [6, 6.07) is 4.60. The van der Waals surface area contributed by atoms with Gasteiger partial charge in [0.1, 0.15) is 24.7 Å². The number of aliphatic hydroxyl groups excluding tert-OH is 1. The third-order valence-electron chi connectivity index (χ3n) is 14.5. The van der Waals surface area contributed by atoms with Gasteiger partial charge in [-0.25, -0.2) is 9.78 Å². The lowest BCUT2D eigenvalue weighted by molar-refractivity contribution is -0.172. The zero-order valence-corrected chi connectivity index (χ0v) is 49.6. The number of rotatable bonds is 40. The molecule has 88 heavy (non-hydrogen) atoms. The number of ether oxygens (including phenoxy) is 7. The van der Waals surface area contributed by atoms with Crippen molar-refractivity contribution in [2.75, 3.05) is 119 Å². The summed E-state index contributed by atoms with van der Waals surface area (Å²) in [5, 5.41) is 34.2. The van der Waals surface area contributed by atoms with Crippen LogP contribution in [0.4, 0.5) is 0 Å². The Balaban J connectivity index is 0.815. The van der Waals surface area contributed by atoms with Crippen LogP contribution in [0.25, 0.3) is 22.3 Å². The van der Waals surface area contributed by atoms with Crippen molar-refractivity contribution in [2.24, 2.45) is 5.73 Å². The van der Waals surface area contributed by atoms with E-state index < -0.39 is 102 Å². The molecule has 0 aliphatic carbocycles. The Morgan fingerprint density at radius 3 is 1.97 bits per heavy atom. The standard InChI is InChI=1S/C58H78N10O20/c1-4-58(81)41-30-45-52-39(33-68(45)56(79)40(41)35-88-57(58)80)37(38-8-6-7-9-42(38)64-52)12-16-66(5-2)51(75)32-61-54(77)43(31-46(59)70)65-53(76)36(3)62-55(78)44(34-69)63-48(72)14-18-82-20-22-84-24-26-86-28-29-87-27-25-85-23-21-83-19-15-60-47(71)13-17-67-49(73)10-11-50(67)74/h6-11,30,36,43-44,69,81H,4-5,12-29,31-35H2,1-3H3,(H2,59,70)(H,60,71)(H,61,77)(H,62,78)(H,63,72)(H,65,76)/t36-,43-,44-,58-/m0/s1. The third-order valence-corrected chi connectivity index (χ3v) is 14.5. The Labute approximate surface area is 506 Å². The van der Waals surface area contributed by atoms with Crippen LogP contribution < -0.4 is 37.9 Å². The van der Waals surface area contributed by atoms with Gasteiger partial charge < -0.3 is 85.2 Å². The summed E-state index contributed by atoms with van der Waals surface area (Å²) in [6.07, 6.45) is 1.77. The third kappa shape index (κ3) is 19.2. The number of hydrogen-bond acceptors (Lipinski definition) is 21. The minimum absolute atomic E-state index is 0.00538. The lowest BCUT2D eigenvalue weighted by atomic mass is 9.86. The van der Waals surface area contributed by atoms with E-state index >= 15 is 0 Å². The summed E-state index contributed by atoms with van der Waals surface area (Å²) in [5.74, 6) is -6.89. The molecule has 0 radical (unpaired) electrons. The molecule has 2 aromatic heterocycles. The number of hydrogen-bond donors (Lipinski definition) is 8. The van der Waals surface area contributed by atoms with Crippen molar-refractivity contribution in [3.05, 3.63) is 75.1 Å². The first kappa shape index (κ1) is 69.0. The molecule has 0 fully saturated rings. The van der Waals surface area contributed by atoms with Gasteiger partial charge in [-0.05, 0) is 44.4 Å². The predicted octanol–water partition coefficient (Wildman–Crippen LogP) is -3.15. The van der Waals surface area contributed by atoms with E-state index in [1.165, 1.54) is 28.5 Å². The van der Waals surface area contributed by atoms with Crippen LogP contribution in [0.15, 0.2) is 47.3 Å². The zero-order chi connectivity index (χ0) is 63.8. The van der Waals surface area contributed by atoms with Gasteiger partial charge in [0.05, 0.1) is 128 Å². The molecule has 5 heterocycles. The van der Waals surface area contributed by atoms with Crippen LogP contribution in [0, 0.1) is 0 Å². The number of amides is 9. The van der Waals surface area contributed by atoms with Gasteiger partial charge >= 0.3 is 5.97 Å². The number of carbonyl (C=O) groups is 10. The van der Waals surface area contributed by atoms with Gasteiger partial charge in [-0.2, -0.15) is 0 Å². The minimum Gasteiger partial charge on any atom is -0.458 e. The molecule has 3 aliphatic heterocycles. The number of primary amides is 1. The fraction of sp³-hybridized carbons (Fsp3) is 0.552. The fourth-order valence-corrected chi connectivity index (χ4v) is 9.63. The molecule has 4 atom stereocenters. The molecule has 9 N–H and O–H groups in total. The summed E-state index contributed by atoms with van der Waals surface area (Å²) in [6.45, 7) is 6.94. The number of nitrogens with one attached hydrogen (secondary N) is 5. The van der Waals surface area contributed by atoms with E-state index in [0.717, 1.165) is 21.4 Å². The summed E-state index contributed by atoms with van der Waals surface area (Å²) >= 11 is 0. The Kier molecular flexibility index (Phi) is 27.0. The van der Waals surface area contributed by atoms with Gasteiger partial charge in [-0.15, -0.1) is 0 Å². The second kappa shape index (κ2) is 34.4. The van der Waals surface area contributed by atoms with E-state index in [-0.39, 0.29) is 109 Å². The van der Waals surface area contributed by atoms with E-state index in [0.29, 0.717) is 69.6 Å². The van der Waals surface area contributed by atoms with Crippen molar-refractivity contribution in [1.82, 2.24) is 45.9 Å². The molecule has 30 heteroatoms. The molecule has 0 saturated carbocycles. The number of cyclic esters (lactones) is 1. The molecule has 3 aliphatic rings. The molecule has 30 nitrogen and oxygen atoms in total. The van der Waals surface area contributed by atoms with Crippen molar-refractivity contribution >= 4 is 70.0 Å². The van der Waals surface area contributed by atoms with Gasteiger partial charge in [-0.1, -0.05) is 25.1 Å². The highest BCUT2D eigenvalue weighted by Crippen LogP contribution is 2.40. The molecule has 0 bridgehead atoms. The summed E-state index contributed by atoms with van der Waals surface area (Å²) < 4.78 is 39.4. The second-order valence-corrected chi connectivity index (χ2v) is 20.4. The van der Waals surface area contributed by atoms with E-state index in [1.54, 1.807) is 19.9 Å². The van der Waals surface area contributed by atoms with Gasteiger partial charge in [0.15, 0.2) is 5.60 Å². The zero-order valence-electron chi connectivity index (χ0n) is 49.6. The highest BCUT2D eigenvalue weighted by Gasteiger charge is 2.45. The second-order valence-electron chi connectivity index (χ2n) is 20.4. The molecule has 1 aromatic carbocycles. The van der Waals surface area contributed by atoms with Crippen LogP contribution in [-0.4, -0.2) is 225 Å². The SMILES string of the molecule is CCN(CCc1c2c(nc3ccccc13)-c1cc3c(c(=O)n1C2)COC(=O)[C@]3(O)CC)C(=O)CNC(=O)[C@H](CC(N)=O)NC(=O)[C@H](C)NC(=O)[C@H](CO)NC(=O)CCOCCOCCOCCOCCOCCOCCNC(=O)CCN1C(=O)C=CC1=O. The Hall–Kier alpha value is -8.10. The van der Waals surface area contributed by atoms with E-state index in [9.17, 15) is 63.0 Å². The number of imide groups is 1. The monoisotopic (exact) mass is 1230 g/mol. The topological polar surface area (TPSA) is 403 Å². The van der Waals surface area contributed by atoms with Crippen LogP contribution >= 0.6 is 0 Å². The van der Waals surface area contributed by atoms with Gasteiger partial charge in [0, 0.05) is 67.7 Å². The number of aliphatic hydroxyl groups is 2. The van der Waals surface area contributed by atoms with Crippen molar-refractivity contribution in [2.45, 2.75) is 89.8 Å². The lowest BCUT2D eigenvalue weighted by Gasteiger charge is -2.31. The van der Waals surface area contributed by atoms with E-state index in [4.69, 9.17) is 43.9 Å². The smallest absolute Gasteiger partial charge is 0.343 e. The first-order valence-electron chi connectivity index (χ1n) is 29.0. The number of nitrogens with two attached hydrogens (primary N) is 1. The highest BCUT2D eigenvalue weighted by atomic mass is 16.6. The minimum atomic E-state index is -2.01. The van der Waals surface area contributed by atoms with E-state index in [2.05, 4.69) is 26.6 Å². The molecule has 480 valence electrons. The van der Waals surface area contributed by atoms with Crippen molar-refractivity contribution < 1.29 is 91.3 Å². The highest BCUT2D eigenvalue weighted by molar-refractivity contribution is 6.13. The number of carbonyl (C=O) groups excluding carboxylic acids is 10. The maximum atomic E-state index is 13.9. The van der Waals surface area contributed by atoms with Crippen LogP contribution in [0.3, 0.4) is 0 Å². The molecular weight excluding hydrogens is 1160 g/mol. The summed E-state index contributed by atoms with van der Waals surface area (Å²) in [7, 11) is 0. The normalized spacial score (nSPS) is 15.8. The largest absolute Gasteiger partial charge is 0.458 e. The van der Waals surface area contributed by atoms with Crippen LogP contribution in [0.1, 0.15) is 68.7 Å². The van der Waals surface area contributed by atoms with Gasteiger partial charge in [-0.3, -0.25) is 52.8 Å². The maximum Gasteiger partial charge on any atom is 0.343 e. The lowest BCUT2D eigenvalue weighted by Crippen LogP contribution is -2.57. The fourth-order valence-electron chi connectivity index (χ4n) is 9.63. The first-order valence-corrected chi connectivity index (χ1v) is 29.0. The summed E-state index contributed by atoms with van der Waals surface area (Å²) in [4.78, 5) is 147. The van der Waals surface area contributed by atoms with Crippen molar-refractivity contribution in [3.63, 3.8) is 0 Å². The van der Waals surface area contributed by atoms with Crippen LogP contribution in [0.2, 0.25) is 0 Å². The first-order chi connectivity index (χ1) is 42.3. The van der Waals surface area contributed by atoms with E-state index in [1.807, 2.05) is 24.3 Å². The number of aromatic nitrogens is 2. The molecule has 6 rings (SSSR count). The molecular formula is C58H78N10O20. The molecule has 0 unspecified atom stereocenters. The Morgan fingerprint density at radius 1 is 0.750 bits per heavy atom. The number of fused-ring (bicyclic) bond motifs is 5. The molecule has 0 spiro atoms. The maximum absolute atomic E-state index is 13.9. The number of para-hydroxylation sites is 1. The molecule has 0 saturated heterocycles. The van der Waals surface area contributed by atoms with Gasteiger partial charge in [0.25, 0.3) is 17.4 Å². The predicted molar refractivity (Wildman–Crippen MR) is 309 cm³/mol. The molecule has 3 aromatic rings. The van der Waals surface area contributed by atoms with Gasteiger partial charge in [0.2, 0.25) is 41.4 Å². The number of nitrogens with zero attached hydrogens (tertiary/aromatic N) is 4. The Bertz CT molecular complexity index is 3080. The van der Waals surface area contributed by atoms with Crippen LogP contribution in [-0.2, 0) is 106 Å². The average molecular weight is 1240 g/mol. The number of benzene rings is 1. The molecule has 9 amide bonds. The van der Waals surface area contributed by atoms with Crippen molar-refractivity contribution in [1.29, 1.82) is 0 Å². The summed E-state index contributed by atoms with van der Waals surface area (Å²) in [5.41, 5.74) is 6.42. The number of likely N-dealkylation sites (N-methyl/N-ethyl adjacent to an activating group) is 1. The number of esters is 1.